The smallest absolute Gasteiger partial charge is 0.0147 e. The first-order chi connectivity index (χ1) is 5.34. The van der Waals surface area contributed by atoms with Crippen LogP contribution in [0.25, 0.3) is 0 Å². The molecule has 1 heteroatoms. The van der Waals surface area contributed by atoms with Crippen molar-refractivity contribution in [3.63, 3.8) is 0 Å². The van der Waals surface area contributed by atoms with E-state index in [1.165, 1.54) is 17.7 Å². The minimum absolute atomic E-state index is 1.10. The molecule has 0 fully saturated rings. The molecule has 1 nitrogen and oxygen atoms in total. The highest BCUT2D eigenvalue weighted by Gasteiger charge is 2.03. The van der Waals surface area contributed by atoms with E-state index >= 15 is 0 Å². The van der Waals surface area contributed by atoms with E-state index in [1.807, 2.05) is 6.08 Å². The molecule has 0 spiro atoms. The molecule has 1 heterocycles. The van der Waals surface area contributed by atoms with Gasteiger partial charge in [-0.2, -0.15) is 0 Å². The molecule has 1 aliphatic heterocycles. The third kappa shape index (κ3) is 2.16. The van der Waals surface area contributed by atoms with Crippen LogP contribution in [0.1, 0.15) is 19.8 Å². The Hall–Kier alpha value is -1.16. The van der Waals surface area contributed by atoms with Crippen molar-refractivity contribution in [3.8, 4) is 12.3 Å². The molecule has 1 rings (SSSR count). The van der Waals surface area contributed by atoms with E-state index in [1.54, 1.807) is 6.08 Å². The van der Waals surface area contributed by atoms with Gasteiger partial charge in [0, 0.05) is 12.2 Å². The molecule has 0 saturated heterocycles. The lowest BCUT2D eigenvalue weighted by molar-refractivity contribution is 0.672. The summed E-state index contributed by atoms with van der Waals surface area (Å²) in [6.07, 6.45) is 11.2. The van der Waals surface area contributed by atoms with Crippen LogP contribution in [0.15, 0.2) is 23.4 Å². The maximum Gasteiger partial charge on any atom is 0.0147 e. The number of nitrogens with one attached hydrogen (secondary N) is 1. The third-order valence-electron chi connectivity index (χ3n) is 1.88. The average molecular weight is 147 g/mol. The lowest BCUT2D eigenvalue weighted by atomic mass is 10.0. The maximum atomic E-state index is 5.11. The van der Waals surface area contributed by atoms with Crippen molar-refractivity contribution in [1.82, 2.24) is 5.32 Å². The molecule has 1 N–H and O–H groups in total. The van der Waals surface area contributed by atoms with Gasteiger partial charge in [-0.05, 0) is 37.5 Å². The minimum Gasteiger partial charge on any atom is -0.388 e. The van der Waals surface area contributed by atoms with Crippen molar-refractivity contribution < 1.29 is 0 Å². The van der Waals surface area contributed by atoms with Crippen molar-refractivity contribution >= 4 is 0 Å². The first kappa shape index (κ1) is 7.94. The molecule has 0 bridgehead atoms. The first-order valence-corrected chi connectivity index (χ1v) is 3.91. The summed E-state index contributed by atoms with van der Waals surface area (Å²) >= 11 is 0. The fourth-order valence-electron chi connectivity index (χ4n) is 1.21. The summed E-state index contributed by atoms with van der Waals surface area (Å²) in [6, 6.07) is 0. The summed E-state index contributed by atoms with van der Waals surface area (Å²) in [6.45, 7) is 3.19. The molecule has 0 atom stereocenters. The second-order valence-corrected chi connectivity index (χ2v) is 2.68. The fourth-order valence-corrected chi connectivity index (χ4v) is 1.21. The monoisotopic (exact) mass is 147 g/mol. The maximum absolute atomic E-state index is 5.11. The van der Waals surface area contributed by atoms with Crippen LogP contribution in [0.3, 0.4) is 0 Å². The van der Waals surface area contributed by atoms with E-state index in [0.717, 1.165) is 13.0 Å². The van der Waals surface area contributed by atoms with Gasteiger partial charge in [0.15, 0.2) is 0 Å². The highest BCUT2D eigenvalue weighted by atomic mass is 14.9. The lowest BCUT2D eigenvalue weighted by Crippen LogP contribution is -2.18. The molecular formula is C10H13N. The van der Waals surface area contributed by atoms with Crippen LogP contribution in [-0.2, 0) is 0 Å². The Morgan fingerprint density at radius 3 is 3.09 bits per heavy atom. The van der Waals surface area contributed by atoms with Crippen molar-refractivity contribution in [2.75, 3.05) is 6.54 Å². The summed E-state index contributed by atoms with van der Waals surface area (Å²) in [5.41, 5.74) is 2.61. The van der Waals surface area contributed by atoms with Gasteiger partial charge in [-0.25, -0.2) is 0 Å². The standard InChI is InChI=1S/C10H13N/c1-3-4-6-10-7-5-8-11-9(10)2/h1,4,6,11H,5,7-8H2,2H3/b6-4-. The minimum atomic E-state index is 1.10. The molecule has 0 aliphatic carbocycles. The second kappa shape index (κ2) is 3.88. The zero-order valence-electron chi connectivity index (χ0n) is 6.85. The second-order valence-electron chi connectivity index (χ2n) is 2.68. The number of terminal acetylenes is 1. The summed E-state index contributed by atoms with van der Waals surface area (Å²) in [7, 11) is 0. The van der Waals surface area contributed by atoms with Crippen molar-refractivity contribution in [1.29, 1.82) is 0 Å². The van der Waals surface area contributed by atoms with Gasteiger partial charge in [-0.1, -0.05) is 5.92 Å². The van der Waals surface area contributed by atoms with Gasteiger partial charge in [0.05, 0.1) is 0 Å². The molecule has 0 saturated carbocycles. The van der Waals surface area contributed by atoms with Gasteiger partial charge in [0.25, 0.3) is 0 Å². The average Bonchev–Trinajstić information content (AvgIpc) is 2.03. The van der Waals surface area contributed by atoms with Gasteiger partial charge in [-0.15, -0.1) is 6.42 Å². The van der Waals surface area contributed by atoms with E-state index in [-0.39, 0.29) is 0 Å². The van der Waals surface area contributed by atoms with Crippen LogP contribution in [0, 0.1) is 12.3 Å². The van der Waals surface area contributed by atoms with Gasteiger partial charge < -0.3 is 5.32 Å². The Morgan fingerprint density at radius 1 is 1.64 bits per heavy atom. The number of rotatable bonds is 1. The topological polar surface area (TPSA) is 12.0 Å². The molecule has 0 unspecified atom stereocenters. The molecule has 0 radical (unpaired) electrons. The van der Waals surface area contributed by atoms with Crippen LogP contribution < -0.4 is 5.32 Å². The predicted octanol–water partition coefficient (Wildman–Crippen LogP) is 1.83. The number of hydrogen-bond donors (Lipinski definition) is 1. The molecule has 1 aliphatic rings. The van der Waals surface area contributed by atoms with E-state index in [4.69, 9.17) is 6.42 Å². The number of hydrogen-bond acceptors (Lipinski definition) is 1. The Bertz CT molecular complexity index is 228. The predicted molar refractivity (Wildman–Crippen MR) is 47.9 cm³/mol. The third-order valence-corrected chi connectivity index (χ3v) is 1.88. The van der Waals surface area contributed by atoms with Gasteiger partial charge >= 0.3 is 0 Å². The quantitative estimate of drug-likeness (QED) is 0.558. The fraction of sp³-hybridized carbons (Fsp3) is 0.400. The molecule has 0 aromatic heterocycles. The summed E-state index contributed by atoms with van der Waals surface area (Å²) in [5, 5.41) is 3.30. The van der Waals surface area contributed by atoms with Crippen LogP contribution in [0.4, 0.5) is 0 Å². The SMILES string of the molecule is C#C/C=C\C1=C(C)NCCC1. The molecule has 0 amide bonds. The highest BCUT2D eigenvalue weighted by molar-refractivity contribution is 5.29. The van der Waals surface area contributed by atoms with Crippen molar-refractivity contribution in [2.45, 2.75) is 19.8 Å². The summed E-state index contributed by atoms with van der Waals surface area (Å²) in [5.74, 6) is 2.49. The van der Waals surface area contributed by atoms with Crippen LogP contribution >= 0.6 is 0 Å². The first-order valence-electron chi connectivity index (χ1n) is 3.91. The highest BCUT2D eigenvalue weighted by Crippen LogP contribution is 2.14. The van der Waals surface area contributed by atoms with E-state index in [9.17, 15) is 0 Å². The molecule has 11 heavy (non-hydrogen) atoms. The van der Waals surface area contributed by atoms with E-state index in [2.05, 4.69) is 18.2 Å². The van der Waals surface area contributed by atoms with Crippen molar-refractivity contribution in [3.05, 3.63) is 23.4 Å². The van der Waals surface area contributed by atoms with Crippen LogP contribution in [-0.4, -0.2) is 6.54 Å². The molecule has 0 aromatic rings. The van der Waals surface area contributed by atoms with Gasteiger partial charge in [-0.3, -0.25) is 0 Å². The molecular weight excluding hydrogens is 134 g/mol. The Balaban J connectivity index is 2.68. The zero-order valence-corrected chi connectivity index (χ0v) is 6.85. The van der Waals surface area contributed by atoms with Crippen LogP contribution in [0.5, 0.6) is 0 Å². The Labute approximate surface area is 68.2 Å². The largest absolute Gasteiger partial charge is 0.388 e. The van der Waals surface area contributed by atoms with Gasteiger partial charge in [0.1, 0.15) is 0 Å². The van der Waals surface area contributed by atoms with E-state index in [0.29, 0.717) is 0 Å². The summed E-state index contributed by atoms with van der Waals surface area (Å²) < 4.78 is 0. The normalized spacial score (nSPS) is 18.2. The lowest BCUT2D eigenvalue weighted by Gasteiger charge is -2.16. The zero-order chi connectivity index (χ0) is 8.10. The molecule has 58 valence electrons. The van der Waals surface area contributed by atoms with Gasteiger partial charge in [0.2, 0.25) is 0 Å². The van der Waals surface area contributed by atoms with Crippen LogP contribution in [0.2, 0.25) is 0 Å². The van der Waals surface area contributed by atoms with Crippen molar-refractivity contribution in [2.24, 2.45) is 0 Å². The Kier molecular flexibility index (Phi) is 2.80. The number of allylic oxidation sites excluding steroid dienone is 4. The van der Waals surface area contributed by atoms with E-state index < -0.39 is 0 Å². The molecule has 0 aromatic carbocycles. The Morgan fingerprint density at radius 2 is 2.45 bits per heavy atom. The summed E-state index contributed by atoms with van der Waals surface area (Å²) in [4.78, 5) is 0.